The van der Waals surface area contributed by atoms with E-state index in [0.717, 1.165) is 32.7 Å². The molecule has 1 aliphatic heterocycles. The molecule has 2 N–H and O–H groups in total. The molecule has 0 spiro atoms. The average Bonchev–Trinajstić information content (AvgIpc) is 2.77. The van der Waals surface area contributed by atoms with Crippen molar-refractivity contribution in [2.24, 2.45) is 5.92 Å². The smallest absolute Gasteiger partial charge is 0.306 e. The van der Waals surface area contributed by atoms with E-state index in [1.54, 1.807) is 35.8 Å². The van der Waals surface area contributed by atoms with Crippen molar-refractivity contribution in [3.05, 3.63) is 36.4 Å². The van der Waals surface area contributed by atoms with Crippen LogP contribution in [0.1, 0.15) is 13.3 Å². The van der Waals surface area contributed by atoms with Crippen LogP contribution in [-0.4, -0.2) is 39.9 Å². The molecule has 0 radical (unpaired) electrons. The third-order valence-corrected chi connectivity index (χ3v) is 6.97. The van der Waals surface area contributed by atoms with Crippen molar-refractivity contribution in [3.63, 3.8) is 0 Å². The number of hydrogen-bond acceptors (Lipinski definition) is 8. The first-order valence-electron chi connectivity index (χ1n) is 9.47. The molecule has 156 valence electrons. The second-order valence-electron chi connectivity index (χ2n) is 6.53. The molecule has 29 heavy (non-hydrogen) atoms. The average molecular weight is 435 g/mol. The van der Waals surface area contributed by atoms with Gasteiger partial charge in [0.05, 0.1) is 27.2 Å². The van der Waals surface area contributed by atoms with Crippen LogP contribution in [-0.2, 0) is 9.53 Å². The summed E-state index contributed by atoms with van der Waals surface area (Å²) >= 11 is 0. The third-order valence-electron chi connectivity index (χ3n) is 4.52. The third kappa shape index (κ3) is 5.90. The molecule has 0 fully saturated rings. The highest BCUT2D eigenvalue weighted by Gasteiger charge is 2.19. The highest BCUT2D eigenvalue weighted by atomic mass is 33.1. The molecule has 6 nitrogen and oxygen atoms in total. The van der Waals surface area contributed by atoms with Crippen LogP contribution >= 0.6 is 21.6 Å². The van der Waals surface area contributed by atoms with Crippen LogP contribution in [0.5, 0.6) is 11.5 Å². The Morgan fingerprint density at radius 1 is 0.966 bits per heavy atom. The summed E-state index contributed by atoms with van der Waals surface area (Å²) < 4.78 is 16.0. The van der Waals surface area contributed by atoms with Crippen molar-refractivity contribution >= 4 is 38.9 Å². The van der Waals surface area contributed by atoms with Gasteiger partial charge in [0, 0.05) is 40.2 Å². The summed E-state index contributed by atoms with van der Waals surface area (Å²) in [5.41, 5.74) is 2.03. The zero-order chi connectivity index (χ0) is 20.6. The van der Waals surface area contributed by atoms with Gasteiger partial charge in [-0.1, -0.05) is 21.6 Å². The van der Waals surface area contributed by atoms with Crippen LogP contribution in [0.25, 0.3) is 0 Å². The van der Waals surface area contributed by atoms with Crippen LogP contribution in [0.4, 0.5) is 11.4 Å². The highest BCUT2D eigenvalue weighted by Crippen LogP contribution is 2.46. The summed E-state index contributed by atoms with van der Waals surface area (Å²) in [5, 5.41) is 6.99. The summed E-state index contributed by atoms with van der Waals surface area (Å²) in [7, 11) is 6.64. The first-order chi connectivity index (χ1) is 14.1. The zero-order valence-electron chi connectivity index (χ0n) is 16.8. The summed E-state index contributed by atoms with van der Waals surface area (Å²) in [6.07, 6.45) is 0.352. The SMILES string of the molecule is CCOC(=O)CC1CNc2ccc(OC)cc2SSc2cc(OC)ccc2NC1. The molecule has 8 heteroatoms. The molecular weight excluding hydrogens is 408 g/mol. The monoisotopic (exact) mass is 434 g/mol. The van der Waals surface area contributed by atoms with Crippen LogP contribution in [0.15, 0.2) is 46.2 Å². The Kier molecular flexibility index (Phi) is 7.83. The van der Waals surface area contributed by atoms with Gasteiger partial charge in [0.2, 0.25) is 0 Å². The Bertz CT molecular complexity index is 788. The number of benzene rings is 2. The fourth-order valence-corrected chi connectivity index (χ4v) is 5.29. The molecule has 0 saturated heterocycles. The topological polar surface area (TPSA) is 68.8 Å². The van der Waals surface area contributed by atoms with Crippen LogP contribution in [0.3, 0.4) is 0 Å². The molecule has 1 aliphatic rings. The maximum absolute atomic E-state index is 12.1. The summed E-state index contributed by atoms with van der Waals surface area (Å²) in [6, 6.07) is 11.9. The minimum Gasteiger partial charge on any atom is -0.497 e. The Labute approximate surface area is 179 Å². The van der Waals surface area contributed by atoms with Crippen LogP contribution in [0.2, 0.25) is 0 Å². The van der Waals surface area contributed by atoms with E-state index in [-0.39, 0.29) is 11.9 Å². The molecular formula is C21H26N2O4S2. The van der Waals surface area contributed by atoms with Gasteiger partial charge in [-0.15, -0.1) is 0 Å². The minimum absolute atomic E-state index is 0.0760. The van der Waals surface area contributed by atoms with Crippen molar-refractivity contribution in [3.8, 4) is 11.5 Å². The van der Waals surface area contributed by atoms with Crippen LogP contribution in [0, 0.1) is 5.92 Å². The first kappa shape index (κ1) is 21.5. The highest BCUT2D eigenvalue weighted by molar-refractivity contribution is 8.76. The van der Waals surface area contributed by atoms with Crippen molar-refractivity contribution < 1.29 is 19.0 Å². The quantitative estimate of drug-likeness (QED) is 0.508. The number of nitrogens with one attached hydrogen (secondary N) is 2. The van der Waals surface area contributed by atoms with Gasteiger partial charge in [-0.2, -0.15) is 0 Å². The van der Waals surface area contributed by atoms with Gasteiger partial charge < -0.3 is 24.8 Å². The molecule has 0 atom stereocenters. The van der Waals surface area contributed by atoms with E-state index in [4.69, 9.17) is 14.2 Å². The predicted octanol–water partition coefficient (Wildman–Crippen LogP) is 4.91. The number of carbonyl (C=O) groups excluding carboxylic acids is 1. The summed E-state index contributed by atoms with van der Waals surface area (Å²) in [4.78, 5) is 14.2. The van der Waals surface area contributed by atoms with E-state index in [0.29, 0.717) is 26.1 Å². The van der Waals surface area contributed by atoms with Gasteiger partial charge >= 0.3 is 5.97 Å². The van der Waals surface area contributed by atoms with Crippen LogP contribution < -0.4 is 20.1 Å². The minimum atomic E-state index is -0.176. The number of hydrogen-bond donors (Lipinski definition) is 2. The molecule has 0 saturated carbocycles. The lowest BCUT2D eigenvalue weighted by Gasteiger charge is -2.19. The molecule has 0 aromatic heterocycles. The fourth-order valence-electron chi connectivity index (χ4n) is 2.96. The van der Waals surface area contributed by atoms with Crippen molar-refractivity contribution in [1.29, 1.82) is 0 Å². The number of carbonyl (C=O) groups is 1. The number of methoxy groups -OCH3 is 2. The Morgan fingerprint density at radius 2 is 1.48 bits per heavy atom. The molecule has 0 aliphatic carbocycles. The number of ether oxygens (including phenoxy) is 3. The van der Waals surface area contributed by atoms with Gasteiger partial charge in [-0.25, -0.2) is 0 Å². The lowest BCUT2D eigenvalue weighted by Crippen LogP contribution is -2.26. The molecule has 0 amide bonds. The standard InChI is InChI=1S/C21H26N2O4S2/c1-4-27-21(24)9-14-12-22-17-7-5-15(25-2)10-19(17)28-29-20-11-16(26-3)6-8-18(20)23-13-14/h5-8,10-11,14,22-23H,4,9,12-13H2,1-3H3. The largest absolute Gasteiger partial charge is 0.497 e. The van der Waals surface area contributed by atoms with E-state index < -0.39 is 0 Å². The molecule has 0 bridgehead atoms. The Balaban J connectivity index is 1.91. The van der Waals surface area contributed by atoms with E-state index in [1.807, 2.05) is 43.3 Å². The predicted molar refractivity (Wildman–Crippen MR) is 119 cm³/mol. The zero-order valence-corrected chi connectivity index (χ0v) is 18.5. The van der Waals surface area contributed by atoms with Gasteiger partial charge in [-0.3, -0.25) is 4.79 Å². The van der Waals surface area contributed by atoms with Crippen molar-refractivity contribution in [2.45, 2.75) is 23.1 Å². The van der Waals surface area contributed by atoms with Gasteiger partial charge in [0.1, 0.15) is 11.5 Å². The Morgan fingerprint density at radius 3 is 1.93 bits per heavy atom. The second-order valence-corrected chi connectivity index (χ2v) is 8.74. The molecule has 1 heterocycles. The number of esters is 1. The van der Waals surface area contributed by atoms with Gasteiger partial charge in [-0.05, 0) is 43.3 Å². The maximum Gasteiger partial charge on any atom is 0.306 e. The fraction of sp³-hybridized carbons (Fsp3) is 0.381. The Hall–Kier alpha value is -2.19. The summed E-state index contributed by atoms with van der Waals surface area (Å²) in [6.45, 7) is 3.53. The second kappa shape index (κ2) is 10.5. The van der Waals surface area contributed by atoms with Crippen molar-refractivity contribution in [1.82, 2.24) is 0 Å². The van der Waals surface area contributed by atoms with E-state index >= 15 is 0 Å². The van der Waals surface area contributed by atoms with E-state index in [2.05, 4.69) is 10.6 Å². The number of rotatable bonds is 5. The normalized spacial score (nSPS) is 14.3. The van der Waals surface area contributed by atoms with Crippen molar-refractivity contribution in [2.75, 3.05) is 44.5 Å². The molecule has 2 aromatic carbocycles. The number of fused-ring (bicyclic) bond motifs is 2. The number of anilines is 2. The first-order valence-corrected chi connectivity index (χ1v) is 11.6. The lowest BCUT2D eigenvalue weighted by atomic mass is 10.1. The maximum atomic E-state index is 12.1. The van der Waals surface area contributed by atoms with Gasteiger partial charge in [0.15, 0.2) is 0 Å². The van der Waals surface area contributed by atoms with Gasteiger partial charge in [0.25, 0.3) is 0 Å². The van der Waals surface area contributed by atoms with E-state index in [1.165, 1.54) is 0 Å². The summed E-state index contributed by atoms with van der Waals surface area (Å²) in [5.74, 6) is 1.51. The molecule has 3 rings (SSSR count). The molecule has 2 aromatic rings. The molecule has 0 unspecified atom stereocenters. The van der Waals surface area contributed by atoms with E-state index in [9.17, 15) is 4.79 Å². The lowest BCUT2D eigenvalue weighted by molar-refractivity contribution is -0.144.